The van der Waals surface area contributed by atoms with E-state index >= 15 is 0 Å². The molecule has 1 saturated heterocycles. The van der Waals surface area contributed by atoms with Gasteiger partial charge in [0.2, 0.25) is 0 Å². The summed E-state index contributed by atoms with van der Waals surface area (Å²) in [4.78, 5) is 14.7. The van der Waals surface area contributed by atoms with Crippen molar-refractivity contribution < 1.29 is 4.79 Å². The number of nitrogens with one attached hydrogen (secondary N) is 1. The van der Waals surface area contributed by atoms with Crippen LogP contribution in [-0.4, -0.2) is 46.8 Å². The molecule has 2 heterocycles. The van der Waals surface area contributed by atoms with Crippen molar-refractivity contribution in [1.82, 2.24) is 20.0 Å². The quantitative estimate of drug-likeness (QED) is 0.939. The second kappa shape index (κ2) is 6.32. The summed E-state index contributed by atoms with van der Waals surface area (Å²) in [6, 6.07) is 8.33. The summed E-state index contributed by atoms with van der Waals surface area (Å²) < 4.78 is 1.78. The van der Waals surface area contributed by atoms with Gasteiger partial charge in [-0.2, -0.15) is 5.10 Å². The fourth-order valence-electron chi connectivity index (χ4n) is 3.10. The summed E-state index contributed by atoms with van der Waals surface area (Å²) in [7, 11) is 1.93. The van der Waals surface area contributed by atoms with Crippen LogP contribution >= 0.6 is 0 Å². The molecule has 0 unspecified atom stereocenters. The van der Waals surface area contributed by atoms with Gasteiger partial charge in [-0.3, -0.25) is 4.79 Å². The van der Waals surface area contributed by atoms with Crippen LogP contribution in [0, 0.1) is 6.92 Å². The smallest absolute Gasteiger partial charge is 0.257 e. The molecule has 1 N–H and O–H groups in total. The first-order valence-corrected chi connectivity index (χ1v) is 7.77. The maximum absolute atomic E-state index is 12.7. The molecular formula is C17H22N4O. The Morgan fingerprint density at radius 1 is 1.41 bits per heavy atom. The number of carbonyl (C=O) groups is 1. The lowest BCUT2D eigenvalue weighted by Crippen LogP contribution is -2.40. The Labute approximate surface area is 130 Å². The number of benzene rings is 1. The minimum absolute atomic E-state index is 0.0811. The van der Waals surface area contributed by atoms with E-state index < -0.39 is 0 Å². The Morgan fingerprint density at radius 3 is 3.00 bits per heavy atom. The van der Waals surface area contributed by atoms with Crippen LogP contribution in [-0.2, 0) is 0 Å². The Kier molecular flexibility index (Phi) is 4.24. The van der Waals surface area contributed by atoms with Crippen molar-refractivity contribution in [3.63, 3.8) is 0 Å². The van der Waals surface area contributed by atoms with Crippen LogP contribution < -0.4 is 5.32 Å². The van der Waals surface area contributed by atoms with Gasteiger partial charge in [0.05, 0.1) is 17.4 Å². The fourth-order valence-corrected chi connectivity index (χ4v) is 3.10. The second-order valence-electron chi connectivity index (χ2n) is 5.81. The molecule has 1 aliphatic rings. The molecule has 116 valence electrons. The lowest BCUT2D eigenvalue weighted by molar-refractivity contribution is 0.0737. The van der Waals surface area contributed by atoms with E-state index in [0.29, 0.717) is 11.6 Å². The lowest BCUT2D eigenvalue weighted by Gasteiger charge is -2.23. The van der Waals surface area contributed by atoms with Crippen LogP contribution in [0.25, 0.3) is 5.69 Å². The van der Waals surface area contributed by atoms with E-state index in [-0.39, 0.29) is 5.91 Å². The predicted molar refractivity (Wildman–Crippen MR) is 86.3 cm³/mol. The van der Waals surface area contributed by atoms with Crippen molar-refractivity contribution in [2.45, 2.75) is 25.8 Å². The van der Waals surface area contributed by atoms with E-state index in [1.165, 1.54) is 0 Å². The van der Waals surface area contributed by atoms with Crippen molar-refractivity contribution in [3.8, 4) is 5.69 Å². The van der Waals surface area contributed by atoms with Crippen molar-refractivity contribution in [2.75, 3.05) is 20.1 Å². The monoisotopic (exact) mass is 298 g/mol. The van der Waals surface area contributed by atoms with E-state index in [0.717, 1.165) is 37.2 Å². The van der Waals surface area contributed by atoms with Gasteiger partial charge in [-0.1, -0.05) is 18.2 Å². The van der Waals surface area contributed by atoms with Crippen molar-refractivity contribution in [2.24, 2.45) is 0 Å². The van der Waals surface area contributed by atoms with Gasteiger partial charge in [-0.25, -0.2) is 4.68 Å². The summed E-state index contributed by atoms with van der Waals surface area (Å²) in [5.74, 6) is 0.0811. The molecule has 1 aromatic heterocycles. The highest BCUT2D eigenvalue weighted by molar-refractivity contribution is 5.94. The van der Waals surface area contributed by atoms with Gasteiger partial charge in [0.15, 0.2) is 0 Å². The van der Waals surface area contributed by atoms with Crippen molar-refractivity contribution in [1.29, 1.82) is 0 Å². The largest absolute Gasteiger partial charge is 0.334 e. The summed E-state index contributed by atoms with van der Waals surface area (Å²) in [6.45, 7) is 3.72. The maximum atomic E-state index is 12.7. The van der Waals surface area contributed by atoms with Crippen LogP contribution in [0.4, 0.5) is 0 Å². The molecule has 0 spiro atoms. The van der Waals surface area contributed by atoms with Gasteiger partial charge in [0.1, 0.15) is 0 Å². The molecule has 22 heavy (non-hydrogen) atoms. The number of nitrogens with zero attached hydrogens (tertiary/aromatic N) is 3. The number of likely N-dealkylation sites (tertiary alicyclic amines) is 1. The van der Waals surface area contributed by atoms with Gasteiger partial charge in [-0.15, -0.1) is 0 Å². The number of aromatic nitrogens is 2. The van der Waals surface area contributed by atoms with E-state index in [9.17, 15) is 4.79 Å². The Morgan fingerprint density at radius 2 is 2.23 bits per heavy atom. The first-order chi connectivity index (χ1) is 10.7. The Hall–Kier alpha value is -2.14. The van der Waals surface area contributed by atoms with E-state index in [2.05, 4.69) is 10.4 Å². The molecule has 5 heteroatoms. The van der Waals surface area contributed by atoms with Crippen molar-refractivity contribution in [3.05, 3.63) is 47.8 Å². The Balaban J connectivity index is 1.82. The predicted octanol–water partition coefficient (Wildman–Crippen LogP) is 2.00. The second-order valence-corrected chi connectivity index (χ2v) is 5.81. The number of para-hydroxylation sites is 1. The molecule has 1 aliphatic heterocycles. The Bertz CT molecular complexity index is 664. The summed E-state index contributed by atoms with van der Waals surface area (Å²) in [5, 5.41) is 7.53. The topological polar surface area (TPSA) is 50.2 Å². The molecule has 0 radical (unpaired) electrons. The third-order valence-corrected chi connectivity index (χ3v) is 4.27. The molecular weight excluding hydrogens is 276 g/mol. The number of aryl methyl sites for hydroxylation is 1. The number of carbonyl (C=O) groups excluding carboxylic acids is 1. The standard InChI is InChI=1S/C17H22N4O/c1-13-6-3-4-8-16(13)21-12-14(10-19-21)17(22)20-9-5-7-15(20)11-18-2/h3-4,6,8,10,12,15,18H,5,7,9,11H2,1-2H3/t15-/m1/s1. The normalized spacial score (nSPS) is 17.9. The summed E-state index contributed by atoms with van der Waals surface area (Å²) in [6.07, 6.45) is 5.64. The molecule has 3 rings (SSSR count). The van der Waals surface area contributed by atoms with E-state index in [1.807, 2.05) is 49.3 Å². The number of rotatable bonds is 4. The molecule has 2 aromatic rings. The molecule has 0 bridgehead atoms. The van der Waals surface area contributed by atoms with Crippen LogP contribution in [0.2, 0.25) is 0 Å². The average Bonchev–Trinajstić information content (AvgIpc) is 3.17. The van der Waals surface area contributed by atoms with Crippen LogP contribution in [0.5, 0.6) is 0 Å². The summed E-state index contributed by atoms with van der Waals surface area (Å²) >= 11 is 0. The molecule has 1 atom stereocenters. The van der Waals surface area contributed by atoms with Crippen LogP contribution in [0.15, 0.2) is 36.7 Å². The highest BCUT2D eigenvalue weighted by Crippen LogP contribution is 2.20. The third-order valence-electron chi connectivity index (χ3n) is 4.27. The molecule has 1 fully saturated rings. The van der Waals surface area contributed by atoms with Crippen molar-refractivity contribution >= 4 is 5.91 Å². The van der Waals surface area contributed by atoms with Gasteiger partial charge in [-0.05, 0) is 38.4 Å². The van der Waals surface area contributed by atoms with Crippen LogP contribution in [0.3, 0.4) is 0 Å². The first kappa shape index (κ1) is 14.8. The van der Waals surface area contributed by atoms with Gasteiger partial charge in [0.25, 0.3) is 5.91 Å². The fraction of sp³-hybridized carbons (Fsp3) is 0.412. The van der Waals surface area contributed by atoms with Crippen LogP contribution in [0.1, 0.15) is 28.8 Å². The highest BCUT2D eigenvalue weighted by atomic mass is 16.2. The van der Waals surface area contributed by atoms with Gasteiger partial charge >= 0.3 is 0 Å². The minimum atomic E-state index is 0.0811. The minimum Gasteiger partial charge on any atom is -0.334 e. The number of hydrogen-bond acceptors (Lipinski definition) is 3. The van der Waals surface area contributed by atoms with Gasteiger partial charge < -0.3 is 10.2 Å². The summed E-state index contributed by atoms with van der Waals surface area (Å²) in [5.41, 5.74) is 2.81. The molecule has 5 nitrogen and oxygen atoms in total. The zero-order valence-corrected chi connectivity index (χ0v) is 13.1. The number of hydrogen-bond donors (Lipinski definition) is 1. The molecule has 0 aliphatic carbocycles. The zero-order valence-electron chi connectivity index (χ0n) is 13.1. The number of amides is 1. The SMILES string of the molecule is CNC[C@H]1CCCN1C(=O)c1cnn(-c2ccccc2C)c1. The number of likely N-dealkylation sites (N-methyl/N-ethyl adjacent to an activating group) is 1. The van der Waals surface area contributed by atoms with E-state index in [1.54, 1.807) is 10.9 Å². The average molecular weight is 298 g/mol. The lowest BCUT2D eigenvalue weighted by atomic mass is 10.2. The maximum Gasteiger partial charge on any atom is 0.257 e. The first-order valence-electron chi connectivity index (χ1n) is 7.77. The molecule has 0 saturated carbocycles. The zero-order chi connectivity index (χ0) is 15.5. The van der Waals surface area contributed by atoms with Gasteiger partial charge in [0, 0.05) is 25.3 Å². The molecule has 1 amide bonds. The molecule has 1 aromatic carbocycles. The van der Waals surface area contributed by atoms with E-state index in [4.69, 9.17) is 0 Å². The highest BCUT2D eigenvalue weighted by Gasteiger charge is 2.29. The third kappa shape index (κ3) is 2.76.